The molecule has 0 saturated heterocycles. The zero-order valence-electron chi connectivity index (χ0n) is 5.57. The van der Waals surface area contributed by atoms with E-state index >= 15 is 0 Å². The van der Waals surface area contributed by atoms with Crippen LogP contribution in [-0.2, 0) is 0 Å². The summed E-state index contributed by atoms with van der Waals surface area (Å²) >= 11 is 5.10. The maximum Gasteiger partial charge on any atom is 0.278 e. The molecule has 1 N–H and O–H groups in total. The molecule has 0 unspecified atom stereocenters. The Kier molecular flexibility index (Phi) is 2.42. The van der Waals surface area contributed by atoms with Gasteiger partial charge in [0.2, 0.25) is 11.2 Å². The normalized spacial score (nSPS) is 10.8. The van der Waals surface area contributed by atoms with Crippen LogP contribution >= 0.6 is 11.6 Å². The Hall–Kier alpha value is -0.970. The third-order valence-electron chi connectivity index (χ3n) is 1.18. The van der Waals surface area contributed by atoms with E-state index in [0.29, 0.717) is 6.07 Å². The highest BCUT2D eigenvalue weighted by molar-refractivity contribution is 6.29. The lowest BCUT2D eigenvalue weighted by atomic mass is 10.3. The number of hydrogen-bond acceptors (Lipinski definition) is 1. The van der Waals surface area contributed by atoms with Gasteiger partial charge in [0.1, 0.15) is 5.15 Å². The number of aromatic nitrogens is 1. The van der Waals surface area contributed by atoms with Gasteiger partial charge in [-0.05, 0) is 0 Å². The van der Waals surface area contributed by atoms with Crippen molar-refractivity contribution in [2.24, 2.45) is 0 Å². The molecule has 1 aromatic heterocycles. The third-order valence-corrected chi connectivity index (χ3v) is 1.45. The van der Waals surface area contributed by atoms with Gasteiger partial charge in [0, 0.05) is 6.07 Å². The van der Waals surface area contributed by atoms with Crippen LogP contribution in [0.1, 0.15) is 12.1 Å². The molecule has 0 aliphatic carbocycles. The first-order valence-corrected chi connectivity index (χ1v) is 3.26. The van der Waals surface area contributed by atoms with Crippen molar-refractivity contribution in [3.8, 4) is 0 Å². The first-order chi connectivity index (χ1) is 5.52. The highest BCUT2D eigenvalue weighted by atomic mass is 35.5. The maximum absolute atomic E-state index is 12.5. The van der Waals surface area contributed by atoms with Crippen molar-refractivity contribution >= 4 is 11.6 Å². The third kappa shape index (κ3) is 1.61. The minimum Gasteiger partial charge on any atom is -0.342 e. The van der Waals surface area contributed by atoms with E-state index in [-0.39, 0.29) is 0 Å². The van der Waals surface area contributed by atoms with E-state index < -0.39 is 28.5 Å². The van der Waals surface area contributed by atoms with Gasteiger partial charge in [-0.2, -0.15) is 4.39 Å². The number of aromatic amines is 1. The summed E-state index contributed by atoms with van der Waals surface area (Å²) in [5.41, 5.74) is -1.83. The van der Waals surface area contributed by atoms with Crippen LogP contribution in [0.2, 0.25) is 5.15 Å². The second-order valence-electron chi connectivity index (χ2n) is 2.02. The van der Waals surface area contributed by atoms with E-state index in [1.807, 2.05) is 4.98 Å². The summed E-state index contributed by atoms with van der Waals surface area (Å²) in [6.07, 6.45) is -2.87. The van der Waals surface area contributed by atoms with Crippen molar-refractivity contribution in [2.45, 2.75) is 6.43 Å². The second kappa shape index (κ2) is 3.18. The zero-order chi connectivity index (χ0) is 9.30. The van der Waals surface area contributed by atoms with E-state index in [1.165, 1.54) is 0 Å². The van der Waals surface area contributed by atoms with Gasteiger partial charge in [-0.25, -0.2) is 8.78 Å². The average Bonchev–Trinajstić information content (AvgIpc) is 1.99. The van der Waals surface area contributed by atoms with Crippen LogP contribution in [0, 0.1) is 5.82 Å². The summed E-state index contributed by atoms with van der Waals surface area (Å²) in [6, 6.07) is 0.478. The van der Waals surface area contributed by atoms with Gasteiger partial charge in [0.05, 0.1) is 5.69 Å². The van der Waals surface area contributed by atoms with Gasteiger partial charge in [0.15, 0.2) is 0 Å². The van der Waals surface area contributed by atoms with E-state index in [0.717, 1.165) is 0 Å². The van der Waals surface area contributed by atoms with E-state index in [9.17, 15) is 18.0 Å². The van der Waals surface area contributed by atoms with Crippen LogP contribution in [-0.4, -0.2) is 4.98 Å². The fourth-order valence-corrected chi connectivity index (χ4v) is 0.850. The summed E-state index contributed by atoms with van der Waals surface area (Å²) in [5.74, 6) is -1.25. The van der Waals surface area contributed by atoms with Gasteiger partial charge < -0.3 is 4.98 Å². The molecule has 1 heterocycles. The average molecular weight is 198 g/mol. The Balaban J connectivity index is 3.31. The second-order valence-corrected chi connectivity index (χ2v) is 2.40. The Bertz CT molecular complexity index is 349. The highest BCUT2D eigenvalue weighted by Crippen LogP contribution is 2.17. The number of nitrogens with one attached hydrogen (secondary N) is 1. The van der Waals surface area contributed by atoms with Crippen LogP contribution in [0.25, 0.3) is 0 Å². The summed E-state index contributed by atoms with van der Waals surface area (Å²) in [4.78, 5) is 12.4. The van der Waals surface area contributed by atoms with E-state index in [1.54, 1.807) is 0 Å². The molecule has 0 bridgehead atoms. The molecule has 0 atom stereocenters. The molecule has 0 spiro atoms. The molecule has 1 rings (SSSR count). The molecule has 0 aliphatic heterocycles. The van der Waals surface area contributed by atoms with Crippen molar-refractivity contribution in [3.05, 3.63) is 33.0 Å². The number of rotatable bonds is 1. The lowest BCUT2D eigenvalue weighted by molar-refractivity contribution is 0.146. The number of H-pyrrole nitrogens is 1. The topological polar surface area (TPSA) is 32.9 Å². The summed E-state index contributed by atoms with van der Waals surface area (Å²) in [7, 11) is 0. The molecule has 2 nitrogen and oxygen atoms in total. The number of alkyl halides is 2. The predicted molar refractivity (Wildman–Crippen MR) is 37.0 cm³/mol. The molecular weight excluding hydrogens is 195 g/mol. The molecule has 0 saturated carbocycles. The Morgan fingerprint density at radius 3 is 2.50 bits per heavy atom. The smallest absolute Gasteiger partial charge is 0.278 e. The van der Waals surface area contributed by atoms with Crippen molar-refractivity contribution in [2.75, 3.05) is 0 Å². The largest absolute Gasteiger partial charge is 0.342 e. The van der Waals surface area contributed by atoms with Crippen molar-refractivity contribution in [1.29, 1.82) is 0 Å². The summed E-state index contributed by atoms with van der Waals surface area (Å²) in [6.45, 7) is 0. The van der Waals surface area contributed by atoms with E-state index in [4.69, 9.17) is 11.6 Å². The lowest BCUT2D eigenvalue weighted by Gasteiger charge is -2.00. The first kappa shape index (κ1) is 9.12. The molecular formula is C6H3ClF3NO. The quantitative estimate of drug-likeness (QED) is 0.687. The fraction of sp³-hybridized carbons (Fsp3) is 0.167. The predicted octanol–water partition coefficient (Wildman–Crippen LogP) is 2.10. The molecule has 0 radical (unpaired) electrons. The Labute approximate surface area is 70.0 Å². The lowest BCUT2D eigenvalue weighted by Crippen LogP contribution is -2.09. The van der Waals surface area contributed by atoms with Crippen molar-refractivity contribution in [1.82, 2.24) is 4.98 Å². The highest BCUT2D eigenvalue weighted by Gasteiger charge is 2.13. The molecule has 66 valence electrons. The van der Waals surface area contributed by atoms with Gasteiger partial charge in [-0.3, -0.25) is 4.79 Å². The molecule has 6 heteroatoms. The minimum atomic E-state index is -2.87. The first-order valence-electron chi connectivity index (χ1n) is 2.88. The maximum atomic E-state index is 12.5. The molecule has 0 amide bonds. The van der Waals surface area contributed by atoms with Crippen LogP contribution < -0.4 is 5.43 Å². The van der Waals surface area contributed by atoms with E-state index in [2.05, 4.69) is 0 Å². The zero-order valence-corrected chi connectivity index (χ0v) is 6.33. The van der Waals surface area contributed by atoms with Gasteiger partial charge in [0.25, 0.3) is 6.43 Å². The SMILES string of the molecule is O=c1cc(C(F)F)[nH]c(Cl)c1F. The Morgan fingerprint density at radius 1 is 1.50 bits per heavy atom. The molecule has 0 aliphatic rings. The molecule has 12 heavy (non-hydrogen) atoms. The van der Waals surface area contributed by atoms with Crippen molar-refractivity contribution in [3.63, 3.8) is 0 Å². The van der Waals surface area contributed by atoms with Crippen LogP contribution in [0.4, 0.5) is 13.2 Å². The molecule has 0 fully saturated rings. The monoisotopic (exact) mass is 197 g/mol. The van der Waals surface area contributed by atoms with Gasteiger partial charge >= 0.3 is 0 Å². The number of halogens is 4. The van der Waals surface area contributed by atoms with Gasteiger partial charge in [-0.15, -0.1) is 0 Å². The minimum absolute atomic E-state index is 0.478. The summed E-state index contributed by atoms with van der Waals surface area (Å²) in [5, 5.41) is -0.696. The van der Waals surface area contributed by atoms with Crippen LogP contribution in [0.5, 0.6) is 0 Å². The molecule has 1 aromatic rings. The molecule has 0 aromatic carbocycles. The number of pyridine rings is 1. The fourth-order valence-electron chi connectivity index (χ4n) is 0.648. The van der Waals surface area contributed by atoms with Crippen LogP contribution in [0.3, 0.4) is 0 Å². The van der Waals surface area contributed by atoms with Gasteiger partial charge in [-0.1, -0.05) is 11.6 Å². The van der Waals surface area contributed by atoms with Crippen LogP contribution in [0.15, 0.2) is 10.9 Å². The van der Waals surface area contributed by atoms with Crippen molar-refractivity contribution < 1.29 is 13.2 Å². The standard InChI is InChI=1S/C6H3ClF3NO/c7-5-4(8)3(12)1-2(11-5)6(9)10/h1,6H,(H,11,12). The Morgan fingerprint density at radius 2 is 2.08 bits per heavy atom. The number of hydrogen-bond donors (Lipinski definition) is 1. The summed E-state index contributed by atoms with van der Waals surface area (Å²) < 4.78 is 36.3.